The number of amides is 1. The van der Waals surface area contributed by atoms with E-state index in [2.05, 4.69) is 6.92 Å². The number of carboxylic acids is 1. The van der Waals surface area contributed by atoms with Gasteiger partial charge >= 0.3 is 12.1 Å². The third-order valence-electron chi connectivity index (χ3n) is 4.10. The van der Waals surface area contributed by atoms with Crippen LogP contribution in [0.15, 0.2) is 24.3 Å². The molecule has 1 fully saturated rings. The van der Waals surface area contributed by atoms with Gasteiger partial charge in [0.15, 0.2) is 0 Å². The Bertz CT molecular complexity index is 574. The smallest absolute Gasteiger partial charge is 0.410 e. The summed E-state index contributed by atoms with van der Waals surface area (Å²) in [5.74, 6) is -1.68. The van der Waals surface area contributed by atoms with Gasteiger partial charge in [-0.3, -0.25) is 4.79 Å². The molecule has 2 rings (SSSR count). The van der Waals surface area contributed by atoms with Gasteiger partial charge in [-0.2, -0.15) is 0 Å². The fraction of sp³-hybridized carbons (Fsp3) is 0.556. The average molecular weight is 319 g/mol. The normalized spacial score (nSPS) is 21.3. The lowest BCUT2D eigenvalue weighted by atomic mass is 9.88. The summed E-state index contributed by atoms with van der Waals surface area (Å²) in [5, 5.41) is 9.50. The predicted octanol–water partition coefficient (Wildman–Crippen LogP) is 3.28. The molecular formula is C18H25NO4. The lowest BCUT2D eigenvalue weighted by Crippen LogP contribution is -2.35. The van der Waals surface area contributed by atoms with E-state index in [0.717, 1.165) is 12.0 Å². The molecule has 0 bridgehead atoms. The van der Waals surface area contributed by atoms with Gasteiger partial charge in [-0.05, 0) is 38.3 Å². The average Bonchev–Trinajstić information content (AvgIpc) is 2.91. The second-order valence-electron chi connectivity index (χ2n) is 7.03. The van der Waals surface area contributed by atoms with E-state index in [1.165, 1.54) is 10.5 Å². The van der Waals surface area contributed by atoms with Gasteiger partial charge in [0.05, 0.1) is 5.92 Å². The minimum absolute atomic E-state index is 0.185. The number of carboxylic acid groups (broad SMARTS) is 1. The Labute approximate surface area is 137 Å². The van der Waals surface area contributed by atoms with E-state index in [1.54, 1.807) is 20.8 Å². The summed E-state index contributed by atoms with van der Waals surface area (Å²) >= 11 is 0. The van der Waals surface area contributed by atoms with Gasteiger partial charge in [0.1, 0.15) is 5.60 Å². The third-order valence-corrected chi connectivity index (χ3v) is 4.10. The van der Waals surface area contributed by atoms with Crippen LogP contribution in [0.5, 0.6) is 0 Å². The predicted molar refractivity (Wildman–Crippen MR) is 87.5 cm³/mol. The van der Waals surface area contributed by atoms with Crippen LogP contribution in [0.1, 0.15) is 44.7 Å². The highest BCUT2D eigenvalue weighted by molar-refractivity contribution is 5.76. The van der Waals surface area contributed by atoms with Gasteiger partial charge in [0.25, 0.3) is 0 Å². The van der Waals surface area contributed by atoms with Crippen molar-refractivity contribution in [1.29, 1.82) is 0 Å². The van der Waals surface area contributed by atoms with Crippen molar-refractivity contribution in [3.63, 3.8) is 0 Å². The number of benzene rings is 1. The van der Waals surface area contributed by atoms with Crippen molar-refractivity contribution in [2.45, 2.75) is 45.6 Å². The molecule has 0 aliphatic carbocycles. The first-order chi connectivity index (χ1) is 10.7. The molecule has 0 saturated carbocycles. The van der Waals surface area contributed by atoms with Crippen molar-refractivity contribution >= 4 is 12.1 Å². The highest BCUT2D eigenvalue weighted by Gasteiger charge is 2.41. The van der Waals surface area contributed by atoms with Crippen molar-refractivity contribution in [3.8, 4) is 0 Å². The molecule has 1 aromatic carbocycles. The second-order valence-corrected chi connectivity index (χ2v) is 7.03. The number of carbonyl (C=O) groups is 2. The Morgan fingerprint density at radius 3 is 2.30 bits per heavy atom. The first kappa shape index (κ1) is 17.3. The minimum Gasteiger partial charge on any atom is -0.481 e. The molecule has 1 amide bonds. The monoisotopic (exact) mass is 319 g/mol. The van der Waals surface area contributed by atoms with Gasteiger partial charge in [-0.15, -0.1) is 0 Å². The Kier molecular flexibility index (Phi) is 4.97. The van der Waals surface area contributed by atoms with Gasteiger partial charge in [-0.25, -0.2) is 4.79 Å². The number of ether oxygens (including phenoxy) is 1. The van der Waals surface area contributed by atoms with Crippen molar-refractivity contribution < 1.29 is 19.4 Å². The fourth-order valence-electron chi connectivity index (χ4n) is 2.87. The van der Waals surface area contributed by atoms with Crippen molar-refractivity contribution in [2.24, 2.45) is 5.92 Å². The molecule has 0 aromatic heterocycles. The number of carbonyl (C=O) groups excluding carboxylic acids is 1. The van der Waals surface area contributed by atoms with Crippen LogP contribution in [0.25, 0.3) is 0 Å². The fourth-order valence-corrected chi connectivity index (χ4v) is 2.87. The summed E-state index contributed by atoms with van der Waals surface area (Å²) in [6.07, 6.45) is 0.494. The van der Waals surface area contributed by atoms with Gasteiger partial charge in [-0.1, -0.05) is 31.2 Å². The Morgan fingerprint density at radius 2 is 1.83 bits per heavy atom. The zero-order valence-corrected chi connectivity index (χ0v) is 14.2. The number of aryl methyl sites for hydroxylation is 1. The molecule has 1 aromatic rings. The van der Waals surface area contributed by atoms with E-state index in [1.807, 2.05) is 24.3 Å². The van der Waals surface area contributed by atoms with Crippen LogP contribution in [0.2, 0.25) is 0 Å². The lowest BCUT2D eigenvalue weighted by Gasteiger charge is -2.24. The van der Waals surface area contributed by atoms with Crippen molar-refractivity contribution in [3.05, 3.63) is 35.4 Å². The third kappa shape index (κ3) is 4.24. The maximum absolute atomic E-state index is 12.2. The number of hydrogen-bond donors (Lipinski definition) is 1. The summed E-state index contributed by atoms with van der Waals surface area (Å²) in [7, 11) is 0. The molecular weight excluding hydrogens is 294 g/mol. The van der Waals surface area contributed by atoms with E-state index >= 15 is 0 Å². The number of hydrogen-bond acceptors (Lipinski definition) is 3. The van der Waals surface area contributed by atoms with Gasteiger partial charge in [0.2, 0.25) is 0 Å². The first-order valence-electron chi connectivity index (χ1n) is 8.01. The quantitative estimate of drug-likeness (QED) is 0.928. The molecule has 2 atom stereocenters. The molecule has 0 unspecified atom stereocenters. The van der Waals surface area contributed by atoms with Crippen LogP contribution in [0, 0.1) is 5.92 Å². The number of rotatable bonds is 3. The summed E-state index contributed by atoms with van der Waals surface area (Å²) in [6.45, 7) is 8.04. The van der Waals surface area contributed by atoms with Crippen LogP contribution in [0.3, 0.4) is 0 Å². The van der Waals surface area contributed by atoms with E-state index in [9.17, 15) is 14.7 Å². The zero-order chi connectivity index (χ0) is 17.2. The largest absolute Gasteiger partial charge is 0.481 e. The number of likely N-dealkylation sites (tertiary alicyclic amines) is 1. The standard InChI is InChI=1S/C18H25NO4/c1-5-12-6-8-13(9-7-12)14-10-19(11-15(14)16(20)21)17(22)23-18(2,3)4/h6-9,14-15H,5,10-11H2,1-4H3,(H,20,21)/t14-,15+/m0/s1. The highest BCUT2D eigenvalue weighted by atomic mass is 16.6. The van der Waals surface area contributed by atoms with Crippen LogP contribution in [-0.2, 0) is 16.0 Å². The summed E-state index contributed by atoms with van der Waals surface area (Å²) in [4.78, 5) is 25.3. The van der Waals surface area contributed by atoms with E-state index < -0.39 is 23.6 Å². The van der Waals surface area contributed by atoms with Crippen molar-refractivity contribution in [2.75, 3.05) is 13.1 Å². The second kappa shape index (κ2) is 6.60. The van der Waals surface area contributed by atoms with Crippen LogP contribution in [-0.4, -0.2) is 40.8 Å². The van der Waals surface area contributed by atoms with Gasteiger partial charge in [0, 0.05) is 19.0 Å². The molecule has 0 spiro atoms. The molecule has 5 nitrogen and oxygen atoms in total. The molecule has 1 aliphatic heterocycles. The lowest BCUT2D eigenvalue weighted by molar-refractivity contribution is -0.141. The topological polar surface area (TPSA) is 66.8 Å². The summed E-state index contributed by atoms with van der Waals surface area (Å²) in [6, 6.07) is 7.98. The van der Waals surface area contributed by atoms with E-state index in [4.69, 9.17) is 4.74 Å². The SMILES string of the molecule is CCc1ccc([C@@H]2CN(C(=O)OC(C)(C)C)C[C@H]2C(=O)O)cc1. The summed E-state index contributed by atoms with van der Waals surface area (Å²) < 4.78 is 5.36. The molecule has 23 heavy (non-hydrogen) atoms. The maximum Gasteiger partial charge on any atom is 0.410 e. The maximum atomic E-state index is 12.2. The molecule has 1 heterocycles. The van der Waals surface area contributed by atoms with Crippen LogP contribution < -0.4 is 0 Å². The Hall–Kier alpha value is -2.04. The highest BCUT2D eigenvalue weighted by Crippen LogP contribution is 2.34. The van der Waals surface area contributed by atoms with Crippen molar-refractivity contribution in [1.82, 2.24) is 4.90 Å². The molecule has 1 N–H and O–H groups in total. The summed E-state index contributed by atoms with van der Waals surface area (Å²) in [5.41, 5.74) is 1.58. The minimum atomic E-state index is -0.874. The molecule has 1 aliphatic rings. The first-order valence-corrected chi connectivity index (χ1v) is 8.01. The Balaban J connectivity index is 2.17. The molecule has 126 valence electrons. The van der Waals surface area contributed by atoms with Crippen LogP contribution >= 0.6 is 0 Å². The van der Waals surface area contributed by atoms with Crippen LogP contribution in [0.4, 0.5) is 4.79 Å². The molecule has 0 radical (unpaired) electrons. The number of aliphatic carboxylic acids is 1. The molecule has 1 saturated heterocycles. The van der Waals surface area contributed by atoms with E-state index in [-0.39, 0.29) is 12.5 Å². The molecule has 5 heteroatoms. The number of nitrogens with zero attached hydrogens (tertiary/aromatic N) is 1. The van der Waals surface area contributed by atoms with E-state index in [0.29, 0.717) is 6.54 Å². The Morgan fingerprint density at radius 1 is 1.22 bits per heavy atom. The van der Waals surface area contributed by atoms with Gasteiger partial charge < -0.3 is 14.7 Å². The zero-order valence-electron chi connectivity index (χ0n) is 14.2.